The third kappa shape index (κ3) is 7.47. The predicted molar refractivity (Wildman–Crippen MR) is 123 cm³/mol. The van der Waals surface area contributed by atoms with Gasteiger partial charge in [0.25, 0.3) is 0 Å². The van der Waals surface area contributed by atoms with E-state index < -0.39 is 54.6 Å². The molecule has 1 saturated carbocycles. The number of carbonyl (C=O) groups excluding carboxylic acids is 1. The van der Waals surface area contributed by atoms with Crippen LogP contribution in [0.5, 0.6) is 0 Å². The first kappa shape index (κ1) is 27.5. The molecule has 3 rings (SSSR count). The van der Waals surface area contributed by atoms with Crippen molar-refractivity contribution in [1.29, 1.82) is 5.26 Å². The van der Waals surface area contributed by atoms with E-state index in [2.05, 4.69) is 10.6 Å². The Morgan fingerprint density at radius 2 is 1.53 bits per heavy atom. The largest absolute Gasteiger partial charge is 0.407 e. The first-order valence-corrected chi connectivity index (χ1v) is 11.4. The molecule has 1 aliphatic carbocycles. The second-order valence-corrected chi connectivity index (χ2v) is 9.71. The van der Waals surface area contributed by atoms with Gasteiger partial charge in [0.05, 0.1) is 12.1 Å². The fraction of sp³-hybridized carbons (Fsp3) is 0.462. The molecule has 0 spiro atoms. The Bertz CT molecular complexity index is 1080. The third-order valence-electron chi connectivity index (χ3n) is 5.95. The monoisotopic (exact) mass is 511 g/mol. The molecule has 1 unspecified atom stereocenters. The van der Waals surface area contributed by atoms with Crippen molar-refractivity contribution in [2.45, 2.75) is 75.4 Å². The summed E-state index contributed by atoms with van der Waals surface area (Å²) in [7, 11) is 0. The predicted octanol–water partition coefficient (Wildman–Crippen LogP) is 6.03. The van der Waals surface area contributed by atoms with E-state index in [0.717, 1.165) is 13.8 Å². The molecule has 194 valence electrons. The summed E-state index contributed by atoms with van der Waals surface area (Å²) in [6, 6.07) is 9.84. The molecular formula is C26H27F6N3O. The SMILES string of the molecule is CC(C)(F)C[C@H](NC(c1ccc(-c2ccc(CC(F)F)cc2)cc1)C(F)(F)F)C(=O)NC1(C#N)CC1. The lowest BCUT2D eigenvalue weighted by atomic mass is 9.96. The van der Waals surface area contributed by atoms with Crippen LogP contribution in [0.25, 0.3) is 11.1 Å². The molecule has 10 heteroatoms. The van der Waals surface area contributed by atoms with Gasteiger partial charge in [-0.05, 0) is 48.9 Å². The van der Waals surface area contributed by atoms with E-state index in [1.807, 2.05) is 6.07 Å². The molecule has 2 atom stereocenters. The summed E-state index contributed by atoms with van der Waals surface area (Å²) in [4.78, 5) is 12.8. The first-order valence-electron chi connectivity index (χ1n) is 11.4. The molecule has 2 aromatic rings. The zero-order valence-corrected chi connectivity index (χ0v) is 19.8. The maximum Gasteiger partial charge on any atom is 0.407 e. The van der Waals surface area contributed by atoms with E-state index in [1.54, 1.807) is 12.1 Å². The fourth-order valence-corrected chi connectivity index (χ4v) is 3.89. The van der Waals surface area contributed by atoms with E-state index in [4.69, 9.17) is 0 Å². The van der Waals surface area contributed by atoms with Gasteiger partial charge in [0.1, 0.15) is 17.2 Å². The second kappa shape index (κ2) is 10.5. The molecule has 4 nitrogen and oxygen atoms in total. The van der Waals surface area contributed by atoms with Gasteiger partial charge in [0.15, 0.2) is 0 Å². The smallest absolute Gasteiger partial charge is 0.336 e. The van der Waals surface area contributed by atoms with Crippen LogP contribution in [0.3, 0.4) is 0 Å². The van der Waals surface area contributed by atoms with Gasteiger partial charge in [-0.25, -0.2) is 13.2 Å². The average Bonchev–Trinajstić information content (AvgIpc) is 3.55. The van der Waals surface area contributed by atoms with Crippen LogP contribution in [0.2, 0.25) is 0 Å². The van der Waals surface area contributed by atoms with Crippen LogP contribution in [0.1, 0.15) is 50.3 Å². The number of rotatable bonds is 10. The molecule has 2 N–H and O–H groups in total. The average molecular weight is 512 g/mol. The van der Waals surface area contributed by atoms with E-state index >= 15 is 0 Å². The van der Waals surface area contributed by atoms with Crippen molar-refractivity contribution < 1.29 is 31.1 Å². The normalized spacial score (nSPS) is 16.8. The van der Waals surface area contributed by atoms with Gasteiger partial charge < -0.3 is 5.32 Å². The minimum absolute atomic E-state index is 0.184. The van der Waals surface area contributed by atoms with Gasteiger partial charge in [-0.2, -0.15) is 18.4 Å². The lowest BCUT2D eigenvalue weighted by Gasteiger charge is -2.30. The molecule has 0 radical (unpaired) electrons. The summed E-state index contributed by atoms with van der Waals surface area (Å²) >= 11 is 0. The Morgan fingerprint density at radius 3 is 1.94 bits per heavy atom. The quantitative estimate of drug-likeness (QED) is 0.383. The van der Waals surface area contributed by atoms with Crippen LogP contribution in [0, 0.1) is 11.3 Å². The van der Waals surface area contributed by atoms with Crippen molar-refractivity contribution in [1.82, 2.24) is 10.6 Å². The van der Waals surface area contributed by atoms with Crippen molar-refractivity contribution >= 4 is 5.91 Å². The van der Waals surface area contributed by atoms with Crippen LogP contribution in [-0.2, 0) is 11.2 Å². The first-order chi connectivity index (χ1) is 16.7. The molecule has 1 amide bonds. The van der Waals surface area contributed by atoms with Crippen molar-refractivity contribution in [2.24, 2.45) is 0 Å². The molecular weight excluding hydrogens is 484 g/mol. The highest BCUT2D eigenvalue weighted by Gasteiger charge is 2.48. The van der Waals surface area contributed by atoms with E-state index in [1.165, 1.54) is 36.4 Å². The number of hydrogen-bond acceptors (Lipinski definition) is 3. The van der Waals surface area contributed by atoms with Gasteiger partial charge >= 0.3 is 6.18 Å². The number of halogens is 6. The Hall–Kier alpha value is -3.06. The van der Waals surface area contributed by atoms with E-state index in [0.29, 0.717) is 29.5 Å². The topological polar surface area (TPSA) is 64.9 Å². The minimum Gasteiger partial charge on any atom is -0.336 e. The van der Waals surface area contributed by atoms with Gasteiger partial charge in [0, 0.05) is 12.8 Å². The molecule has 1 aliphatic rings. The molecule has 2 aromatic carbocycles. The Labute approximate surface area is 205 Å². The maximum absolute atomic E-state index is 14.4. The summed E-state index contributed by atoms with van der Waals surface area (Å²) in [6.45, 7) is 2.33. The zero-order valence-electron chi connectivity index (χ0n) is 19.8. The second-order valence-electron chi connectivity index (χ2n) is 9.71. The van der Waals surface area contributed by atoms with E-state index in [9.17, 15) is 36.4 Å². The number of amides is 1. The molecule has 0 aliphatic heterocycles. The summed E-state index contributed by atoms with van der Waals surface area (Å²) in [5, 5.41) is 13.9. The van der Waals surface area contributed by atoms with Crippen LogP contribution in [-0.4, -0.2) is 35.8 Å². The molecule has 0 heterocycles. The summed E-state index contributed by atoms with van der Waals surface area (Å²) < 4.78 is 81.6. The van der Waals surface area contributed by atoms with Crippen LogP contribution in [0.4, 0.5) is 26.3 Å². The third-order valence-corrected chi connectivity index (χ3v) is 5.95. The Balaban J connectivity index is 1.83. The highest BCUT2D eigenvalue weighted by molar-refractivity contribution is 5.83. The molecule has 0 bridgehead atoms. The fourth-order valence-electron chi connectivity index (χ4n) is 3.89. The Kier molecular flexibility index (Phi) is 8.04. The number of nitriles is 1. The molecule has 0 saturated heterocycles. The highest BCUT2D eigenvalue weighted by atomic mass is 19.4. The standard InChI is InChI=1S/C26H27F6N3O/c1-24(2,29)14-20(23(36)35-25(15-33)11-12-25)34-22(26(30,31)32)19-9-7-18(8-10-19)17-5-3-16(4-6-17)13-21(27)28/h3-10,20-22,34H,11-14H2,1-2H3,(H,35,36)/t20-,22?/m0/s1. The summed E-state index contributed by atoms with van der Waals surface area (Å²) in [5.41, 5.74) is -1.59. The highest BCUT2D eigenvalue weighted by Crippen LogP contribution is 2.37. The summed E-state index contributed by atoms with van der Waals surface area (Å²) in [5.74, 6) is -0.866. The van der Waals surface area contributed by atoms with Crippen molar-refractivity contribution in [3.63, 3.8) is 0 Å². The lowest BCUT2D eigenvalue weighted by Crippen LogP contribution is -2.53. The van der Waals surface area contributed by atoms with Crippen molar-refractivity contribution in [2.75, 3.05) is 0 Å². The molecule has 0 aromatic heterocycles. The molecule has 36 heavy (non-hydrogen) atoms. The Morgan fingerprint density at radius 1 is 1.00 bits per heavy atom. The number of hydrogen-bond donors (Lipinski definition) is 2. The number of nitrogens with one attached hydrogen (secondary N) is 2. The molecule has 1 fully saturated rings. The number of benzene rings is 2. The number of carbonyl (C=O) groups is 1. The van der Waals surface area contributed by atoms with Crippen molar-refractivity contribution in [3.05, 3.63) is 59.7 Å². The minimum atomic E-state index is -4.80. The summed E-state index contributed by atoms with van der Waals surface area (Å²) in [6.07, 6.45) is -7.44. The van der Waals surface area contributed by atoms with Gasteiger partial charge in [-0.15, -0.1) is 0 Å². The zero-order chi connectivity index (χ0) is 26.7. The van der Waals surface area contributed by atoms with Gasteiger partial charge in [0.2, 0.25) is 12.3 Å². The van der Waals surface area contributed by atoms with Crippen LogP contribution >= 0.6 is 0 Å². The van der Waals surface area contributed by atoms with Crippen molar-refractivity contribution in [3.8, 4) is 17.2 Å². The lowest BCUT2D eigenvalue weighted by molar-refractivity contribution is -0.161. The number of alkyl halides is 6. The van der Waals surface area contributed by atoms with Crippen LogP contribution in [0.15, 0.2) is 48.5 Å². The van der Waals surface area contributed by atoms with E-state index in [-0.39, 0.29) is 5.56 Å². The maximum atomic E-state index is 14.4. The van der Waals surface area contributed by atoms with Gasteiger partial charge in [-0.3, -0.25) is 10.1 Å². The van der Waals surface area contributed by atoms with Gasteiger partial charge in [-0.1, -0.05) is 48.5 Å². The van der Waals surface area contributed by atoms with Crippen LogP contribution < -0.4 is 10.6 Å². The number of nitrogens with zero attached hydrogens (tertiary/aromatic N) is 1.